The number of aliphatic hydroxyl groups is 4. The summed E-state index contributed by atoms with van der Waals surface area (Å²) >= 11 is 0. The van der Waals surface area contributed by atoms with Crippen LogP contribution in [0.5, 0.6) is 0 Å². The van der Waals surface area contributed by atoms with Crippen molar-refractivity contribution in [1.29, 1.82) is 0 Å². The van der Waals surface area contributed by atoms with Gasteiger partial charge in [0.2, 0.25) is 5.91 Å². The first kappa shape index (κ1) is 85.3. The van der Waals surface area contributed by atoms with Crippen molar-refractivity contribution >= 4 is 16.3 Å². The van der Waals surface area contributed by atoms with Gasteiger partial charge in [-0.15, -0.1) is 0 Å². The summed E-state index contributed by atoms with van der Waals surface area (Å²) in [5.74, 6) is -0.255. The van der Waals surface area contributed by atoms with E-state index in [1.807, 2.05) is 6.08 Å². The van der Waals surface area contributed by atoms with Gasteiger partial charge in [0.05, 0.1) is 25.4 Å². The summed E-state index contributed by atoms with van der Waals surface area (Å²) in [6.45, 7) is 3.47. The minimum atomic E-state index is -5.10. The normalized spacial score (nSPS) is 18.1. The number of carbonyl (C=O) groups is 1. The van der Waals surface area contributed by atoms with Crippen LogP contribution in [-0.4, -0.2) is 95.4 Å². The summed E-state index contributed by atoms with van der Waals surface area (Å²) < 4.78 is 48.1. The summed E-state index contributed by atoms with van der Waals surface area (Å²) in [7, 11) is -5.10. The molecule has 13 heteroatoms. The van der Waals surface area contributed by atoms with Crippen LogP contribution in [-0.2, 0) is 28.9 Å². The third-order valence-corrected chi connectivity index (χ3v) is 18.9. The molecule has 12 nitrogen and oxygen atoms in total. The van der Waals surface area contributed by atoms with E-state index in [1.54, 1.807) is 6.08 Å². The molecule has 0 aromatic carbocycles. The largest absolute Gasteiger partial charge is 0.397 e. The number of nitrogens with one attached hydrogen (secondary N) is 1. The number of allylic oxidation sites excluding steroid dienone is 5. The van der Waals surface area contributed by atoms with Crippen molar-refractivity contribution in [2.75, 3.05) is 13.2 Å². The molecule has 0 spiro atoms. The molecule has 0 aromatic heterocycles. The Morgan fingerprint density at radius 3 is 1.07 bits per heavy atom. The number of carbonyl (C=O) groups excluding carboxylic acids is 1. The van der Waals surface area contributed by atoms with Crippen LogP contribution in [0.4, 0.5) is 0 Å². The monoisotopic (exact) mass is 1280 g/mol. The van der Waals surface area contributed by atoms with Gasteiger partial charge < -0.3 is 35.2 Å². The maximum atomic E-state index is 13.2. The number of rotatable bonds is 69. The van der Waals surface area contributed by atoms with E-state index in [0.29, 0.717) is 6.42 Å². The number of unbranched alkanes of at least 4 members (excludes halogenated alkanes) is 53. The van der Waals surface area contributed by atoms with Crippen LogP contribution in [0, 0.1) is 0 Å². The van der Waals surface area contributed by atoms with E-state index in [1.165, 1.54) is 315 Å². The topological polar surface area (TPSA) is 192 Å². The molecule has 7 unspecified atom stereocenters. The van der Waals surface area contributed by atoms with Crippen molar-refractivity contribution in [3.63, 3.8) is 0 Å². The van der Waals surface area contributed by atoms with E-state index < -0.39 is 59.9 Å². The summed E-state index contributed by atoms with van der Waals surface area (Å²) in [5, 5.41) is 45.3. The fourth-order valence-electron chi connectivity index (χ4n) is 12.6. The summed E-state index contributed by atoms with van der Waals surface area (Å²) in [4.78, 5) is 13.2. The molecule has 1 heterocycles. The first-order chi connectivity index (χ1) is 43.5. The summed E-state index contributed by atoms with van der Waals surface area (Å²) in [6.07, 6.45) is 78.1. The Balaban J connectivity index is 2.19. The minimum absolute atomic E-state index is 0.255. The third kappa shape index (κ3) is 56.4. The third-order valence-electron chi connectivity index (χ3n) is 18.4. The zero-order valence-electron chi connectivity index (χ0n) is 58.0. The number of amides is 1. The first-order valence-corrected chi connectivity index (χ1v) is 39.7. The second-order valence-corrected chi connectivity index (χ2v) is 28.0. The van der Waals surface area contributed by atoms with Crippen molar-refractivity contribution < 1.29 is 51.8 Å². The quantitative estimate of drug-likeness (QED) is 0.0193. The molecule has 1 fully saturated rings. The van der Waals surface area contributed by atoms with Crippen molar-refractivity contribution in [3.8, 4) is 0 Å². The standard InChI is InChI=1S/C76H145NO11S/c1-3-5-7-9-11-13-15-17-19-21-23-25-27-29-30-31-32-33-34-35-36-37-38-39-40-42-44-46-48-50-52-54-56-58-60-62-64-66-72(80)77-69(68-86-76-74(82)75(88-89(83,84)85)73(81)71(67-78)87-76)70(79)65-63-61-59-57-55-53-51-49-47-45-43-41-28-26-24-22-20-18-16-14-12-10-8-6-4-2/h30-31,33-34,63,65,69-71,73-76,78-79,81-82H,3-29,32,35-62,64,66-68H2,1-2H3,(H,77,80)(H,83,84,85)/b31-30-,34-33-,65-63+. The van der Waals surface area contributed by atoms with Crippen molar-refractivity contribution in [2.24, 2.45) is 0 Å². The lowest BCUT2D eigenvalue weighted by Gasteiger charge is -2.41. The highest BCUT2D eigenvalue weighted by Gasteiger charge is 2.48. The molecule has 1 saturated heterocycles. The average Bonchev–Trinajstić information content (AvgIpc) is 1.63. The Morgan fingerprint density at radius 1 is 0.449 bits per heavy atom. The number of aliphatic hydroxyl groups excluding tert-OH is 4. The molecule has 6 N–H and O–H groups in total. The predicted molar refractivity (Wildman–Crippen MR) is 375 cm³/mol. The maximum Gasteiger partial charge on any atom is 0.397 e. The fourth-order valence-corrected chi connectivity index (χ4v) is 13.1. The highest BCUT2D eigenvalue weighted by Crippen LogP contribution is 2.27. The predicted octanol–water partition coefficient (Wildman–Crippen LogP) is 20.8. The molecule has 1 aliphatic heterocycles. The highest BCUT2D eigenvalue weighted by molar-refractivity contribution is 7.80. The Bertz CT molecular complexity index is 1700. The van der Waals surface area contributed by atoms with Gasteiger partial charge in [-0.05, 0) is 51.4 Å². The molecule has 0 saturated carbocycles. The summed E-state index contributed by atoms with van der Waals surface area (Å²) in [6, 6.07) is -0.946. The summed E-state index contributed by atoms with van der Waals surface area (Å²) in [5.41, 5.74) is 0. The van der Waals surface area contributed by atoms with Gasteiger partial charge in [-0.25, -0.2) is 4.18 Å². The van der Waals surface area contributed by atoms with Gasteiger partial charge in [0.25, 0.3) is 0 Å². The number of hydrogen-bond acceptors (Lipinski definition) is 10. The van der Waals surface area contributed by atoms with Crippen LogP contribution in [0.3, 0.4) is 0 Å². The van der Waals surface area contributed by atoms with Crippen molar-refractivity contribution in [1.82, 2.24) is 5.32 Å². The molecule has 0 radical (unpaired) electrons. The van der Waals surface area contributed by atoms with Gasteiger partial charge in [-0.3, -0.25) is 9.35 Å². The minimum Gasteiger partial charge on any atom is -0.394 e. The van der Waals surface area contributed by atoms with E-state index >= 15 is 0 Å². The number of hydrogen-bond donors (Lipinski definition) is 6. The van der Waals surface area contributed by atoms with E-state index in [0.717, 1.165) is 44.9 Å². The van der Waals surface area contributed by atoms with Crippen LogP contribution in [0.15, 0.2) is 36.5 Å². The van der Waals surface area contributed by atoms with Crippen LogP contribution in [0.25, 0.3) is 0 Å². The smallest absolute Gasteiger partial charge is 0.394 e. The molecule has 0 bridgehead atoms. The molecular weight excluding hydrogens is 1130 g/mol. The molecule has 1 aliphatic rings. The molecule has 89 heavy (non-hydrogen) atoms. The second kappa shape index (κ2) is 65.0. The van der Waals surface area contributed by atoms with Gasteiger partial charge in [0, 0.05) is 6.42 Å². The van der Waals surface area contributed by atoms with Crippen molar-refractivity contribution in [3.05, 3.63) is 36.5 Å². The first-order valence-electron chi connectivity index (χ1n) is 38.4. The fraction of sp³-hybridized carbons (Fsp3) is 0.908. The average molecular weight is 1280 g/mol. The SMILES string of the molecule is CCCCCCCCCCCCCCC/C=C\C/C=C\CCCCCCCCCCCCCCCCCCCC(=O)NC(COC1OC(CO)C(O)C(OS(=O)(=O)O)C1O)C(O)/C=C/CCCCCCCCCCCCCCCCCCCCCCCCC. The zero-order valence-corrected chi connectivity index (χ0v) is 58.8. The van der Waals surface area contributed by atoms with Crippen LogP contribution in [0.1, 0.15) is 386 Å². The molecule has 1 amide bonds. The van der Waals surface area contributed by atoms with Gasteiger partial charge >= 0.3 is 10.4 Å². The maximum absolute atomic E-state index is 13.2. The molecule has 0 aromatic rings. The molecule has 1 rings (SSSR count). The van der Waals surface area contributed by atoms with Gasteiger partial charge in [-0.2, -0.15) is 8.42 Å². The lowest BCUT2D eigenvalue weighted by Crippen LogP contribution is -2.61. The van der Waals surface area contributed by atoms with Crippen molar-refractivity contribution in [2.45, 2.75) is 429 Å². The lowest BCUT2D eigenvalue weighted by atomic mass is 9.99. The Hall–Kier alpha value is -1.68. The van der Waals surface area contributed by atoms with Gasteiger partial charge in [0.1, 0.15) is 24.4 Å². The second-order valence-electron chi connectivity index (χ2n) is 26.9. The highest BCUT2D eigenvalue weighted by atomic mass is 32.3. The van der Waals surface area contributed by atoms with E-state index in [2.05, 4.69) is 47.7 Å². The van der Waals surface area contributed by atoms with Crippen LogP contribution in [0.2, 0.25) is 0 Å². The number of ether oxygens (including phenoxy) is 2. The van der Waals surface area contributed by atoms with Gasteiger partial charge in [-0.1, -0.05) is 365 Å². The molecule has 526 valence electrons. The van der Waals surface area contributed by atoms with E-state index in [9.17, 15) is 38.2 Å². The molecule has 7 atom stereocenters. The van der Waals surface area contributed by atoms with E-state index in [-0.39, 0.29) is 18.9 Å². The molecule has 0 aliphatic carbocycles. The Labute approximate surface area is 549 Å². The molecular formula is C76H145NO11S. The van der Waals surface area contributed by atoms with Crippen LogP contribution >= 0.6 is 0 Å². The van der Waals surface area contributed by atoms with Gasteiger partial charge in [0.15, 0.2) is 6.29 Å². The zero-order chi connectivity index (χ0) is 64.6. The Kier molecular flexibility index (Phi) is 62.3. The van der Waals surface area contributed by atoms with Crippen LogP contribution < -0.4 is 5.32 Å². The lowest BCUT2D eigenvalue weighted by molar-refractivity contribution is -0.298. The Morgan fingerprint density at radius 2 is 0.753 bits per heavy atom. The van der Waals surface area contributed by atoms with E-state index in [4.69, 9.17) is 9.47 Å².